The summed E-state index contributed by atoms with van der Waals surface area (Å²) < 4.78 is 67.5. The maximum atomic E-state index is 10.6. The molecule has 3 aromatic rings. The minimum atomic E-state index is -5.08. The van der Waals surface area contributed by atoms with Crippen molar-refractivity contribution in [3.63, 3.8) is 0 Å². The molecule has 2 aliphatic rings. The molecule has 2 saturated heterocycles. The van der Waals surface area contributed by atoms with Crippen LogP contribution in [0.3, 0.4) is 0 Å². The number of pyridine rings is 1. The second kappa shape index (κ2) is 14.1. The molecule has 2 fully saturated rings. The second-order valence-corrected chi connectivity index (χ2v) is 10.5. The third-order valence-corrected chi connectivity index (χ3v) is 6.75. The Morgan fingerprint density at radius 1 is 0.953 bits per heavy atom. The van der Waals surface area contributed by atoms with Gasteiger partial charge in [-0.3, -0.25) is 9.58 Å². The number of anilines is 1. The Morgan fingerprint density at radius 2 is 1.56 bits per heavy atom. The average Bonchev–Trinajstić information content (AvgIpc) is 3.69. The van der Waals surface area contributed by atoms with Crippen LogP contribution in [-0.2, 0) is 16.1 Å². The third-order valence-electron chi connectivity index (χ3n) is 6.75. The molecule has 0 aromatic carbocycles. The Hall–Kier alpha value is -3.89. The van der Waals surface area contributed by atoms with Crippen LogP contribution in [0.5, 0.6) is 0 Å². The lowest BCUT2D eigenvalue weighted by molar-refractivity contribution is -0.193. The number of rotatable bonds is 5. The van der Waals surface area contributed by atoms with Gasteiger partial charge in [0.1, 0.15) is 0 Å². The molecule has 0 aliphatic carbocycles. The van der Waals surface area contributed by atoms with E-state index in [1.807, 2.05) is 15.4 Å². The number of likely N-dealkylation sites (tertiary alicyclic amines) is 1. The molecule has 0 amide bonds. The first-order valence-electron chi connectivity index (χ1n) is 13.5. The Balaban J connectivity index is 0.000000303. The zero-order valence-electron chi connectivity index (χ0n) is 23.5. The minimum absolute atomic E-state index is 0.402. The number of hydrogen-bond acceptors (Lipinski definition) is 7. The zero-order chi connectivity index (χ0) is 31.9. The second-order valence-electron chi connectivity index (χ2n) is 10.5. The number of carboxylic acids is 2. The Morgan fingerprint density at radius 3 is 2.09 bits per heavy atom. The van der Waals surface area contributed by atoms with E-state index >= 15 is 0 Å². The Labute approximate surface area is 242 Å². The van der Waals surface area contributed by atoms with Crippen LogP contribution < -0.4 is 4.90 Å². The maximum absolute atomic E-state index is 10.6. The summed E-state index contributed by atoms with van der Waals surface area (Å²) in [5.41, 5.74) is 3.51. The molecule has 2 N–H and O–H groups in total. The number of aliphatic carboxylic acids is 2. The zero-order valence-corrected chi connectivity index (χ0v) is 23.5. The summed E-state index contributed by atoms with van der Waals surface area (Å²) in [6.45, 7) is 9.74. The molecule has 2 aliphatic heterocycles. The van der Waals surface area contributed by atoms with Crippen LogP contribution in [0.1, 0.15) is 62.9 Å². The molecule has 0 radical (unpaired) electrons. The van der Waals surface area contributed by atoms with Gasteiger partial charge in [-0.25, -0.2) is 19.1 Å². The van der Waals surface area contributed by atoms with Crippen LogP contribution in [-0.4, -0.2) is 90.0 Å². The van der Waals surface area contributed by atoms with Crippen LogP contribution >= 0.6 is 0 Å². The molecule has 17 heteroatoms. The first kappa shape index (κ1) is 33.6. The minimum Gasteiger partial charge on any atom is -0.475 e. The van der Waals surface area contributed by atoms with Crippen LogP contribution in [0.25, 0.3) is 5.65 Å². The average molecular weight is 622 g/mol. The number of piperidine rings is 1. The van der Waals surface area contributed by atoms with Gasteiger partial charge in [-0.1, -0.05) is 0 Å². The molecule has 11 nitrogen and oxygen atoms in total. The molecule has 0 saturated carbocycles. The molecule has 0 spiro atoms. The van der Waals surface area contributed by atoms with Crippen molar-refractivity contribution in [1.29, 1.82) is 0 Å². The predicted molar refractivity (Wildman–Crippen MR) is 142 cm³/mol. The predicted octanol–water partition coefficient (Wildman–Crippen LogP) is 4.75. The fraction of sp³-hybridized carbons (Fsp3) is 0.577. The van der Waals surface area contributed by atoms with Crippen molar-refractivity contribution >= 4 is 23.3 Å². The van der Waals surface area contributed by atoms with E-state index in [1.165, 1.54) is 30.5 Å². The van der Waals surface area contributed by atoms with Gasteiger partial charge in [-0.05, 0) is 58.2 Å². The third kappa shape index (κ3) is 9.83. The van der Waals surface area contributed by atoms with Crippen molar-refractivity contribution < 1.29 is 46.1 Å². The summed E-state index contributed by atoms with van der Waals surface area (Å²) >= 11 is 0. The van der Waals surface area contributed by atoms with Crippen molar-refractivity contribution in [2.45, 2.75) is 70.4 Å². The van der Waals surface area contributed by atoms with Crippen LogP contribution in [0, 0.1) is 0 Å². The topological polar surface area (TPSA) is 129 Å². The molecule has 43 heavy (non-hydrogen) atoms. The molecular formula is C26H33F6N7O4. The van der Waals surface area contributed by atoms with Gasteiger partial charge in [0.15, 0.2) is 11.5 Å². The molecular weight excluding hydrogens is 588 g/mol. The summed E-state index contributed by atoms with van der Waals surface area (Å²) in [7, 11) is 0. The van der Waals surface area contributed by atoms with E-state index in [0.29, 0.717) is 12.0 Å². The van der Waals surface area contributed by atoms with Crippen molar-refractivity contribution in [2.75, 3.05) is 31.1 Å². The van der Waals surface area contributed by atoms with E-state index in [0.717, 1.165) is 50.6 Å². The molecule has 5 heterocycles. The quantitative estimate of drug-likeness (QED) is 0.388. The standard InChI is InChI=1S/C22H31N7.2C2HF3O2/c1-17(2)28-14-18(12-23-28)13-26-9-5-6-19(15-26)22-24-21-8-7-20(16-29(21)25-22)27-10-3-4-11-27;2*3-2(4,5)1(6)7/h7-8,12,14,16-17,19H,3-6,9-11,13,15H2,1-2H3;2*(H,6,7). The number of aromatic nitrogens is 5. The number of nitrogens with zero attached hydrogens (tertiary/aromatic N) is 7. The highest BCUT2D eigenvalue weighted by Gasteiger charge is 2.39. The number of carboxylic acid groups (broad SMARTS) is 2. The maximum Gasteiger partial charge on any atom is 0.490 e. The summed E-state index contributed by atoms with van der Waals surface area (Å²) in [6.07, 6.45) is 1.10. The lowest BCUT2D eigenvalue weighted by Crippen LogP contribution is -2.34. The highest BCUT2D eigenvalue weighted by atomic mass is 19.4. The lowest BCUT2D eigenvalue weighted by atomic mass is 9.97. The van der Waals surface area contributed by atoms with E-state index in [1.54, 1.807) is 0 Å². The summed E-state index contributed by atoms with van der Waals surface area (Å²) in [4.78, 5) is 27.6. The van der Waals surface area contributed by atoms with E-state index in [9.17, 15) is 26.3 Å². The highest BCUT2D eigenvalue weighted by molar-refractivity contribution is 5.73. The van der Waals surface area contributed by atoms with Crippen molar-refractivity contribution in [2.24, 2.45) is 0 Å². The molecule has 0 bridgehead atoms. The smallest absolute Gasteiger partial charge is 0.475 e. The van der Waals surface area contributed by atoms with Crippen LogP contribution in [0.4, 0.5) is 32.0 Å². The van der Waals surface area contributed by atoms with Gasteiger partial charge >= 0.3 is 24.3 Å². The van der Waals surface area contributed by atoms with Crippen molar-refractivity contribution in [3.8, 4) is 0 Å². The summed E-state index contributed by atoms with van der Waals surface area (Å²) in [5.74, 6) is -4.12. The fourth-order valence-electron chi connectivity index (χ4n) is 4.63. The van der Waals surface area contributed by atoms with Crippen molar-refractivity contribution in [1.82, 2.24) is 29.3 Å². The molecule has 238 valence electrons. The van der Waals surface area contributed by atoms with E-state index in [4.69, 9.17) is 29.9 Å². The van der Waals surface area contributed by atoms with E-state index in [2.05, 4.69) is 53.3 Å². The largest absolute Gasteiger partial charge is 0.490 e. The fourth-order valence-corrected chi connectivity index (χ4v) is 4.63. The van der Waals surface area contributed by atoms with Crippen LogP contribution in [0.15, 0.2) is 30.7 Å². The van der Waals surface area contributed by atoms with Gasteiger partial charge < -0.3 is 15.1 Å². The molecule has 3 aromatic heterocycles. The van der Waals surface area contributed by atoms with E-state index in [-0.39, 0.29) is 0 Å². The Bertz CT molecular complexity index is 1340. The van der Waals surface area contributed by atoms with Gasteiger partial charge in [-0.2, -0.15) is 36.5 Å². The van der Waals surface area contributed by atoms with E-state index < -0.39 is 24.3 Å². The summed E-state index contributed by atoms with van der Waals surface area (Å²) in [5, 5.41) is 23.6. The first-order valence-corrected chi connectivity index (χ1v) is 13.5. The molecule has 1 atom stereocenters. The highest BCUT2D eigenvalue weighted by Crippen LogP contribution is 2.27. The first-order chi connectivity index (χ1) is 20.0. The lowest BCUT2D eigenvalue weighted by Gasteiger charge is -2.30. The normalized spacial score (nSPS) is 17.8. The number of carbonyl (C=O) groups is 2. The van der Waals surface area contributed by atoms with Gasteiger partial charge in [0, 0.05) is 49.9 Å². The number of halogens is 6. The van der Waals surface area contributed by atoms with Gasteiger partial charge in [-0.15, -0.1) is 0 Å². The van der Waals surface area contributed by atoms with Crippen molar-refractivity contribution in [3.05, 3.63) is 42.1 Å². The number of alkyl halides is 6. The van der Waals surface area contributed by atoms with Gasteiger partial charge in [0.2, 0.25) is 0 Å². The number of fused-ring (bicyclic) bond motifs is 1. The van der Waals surface area contributed by atoms with Crippen LogP contribution in [0.2, 0.25) is 0 Å². The molecule has 1 unspecified atom stereocenters. The summed E-state index contributed by atoms with van der Waals surface area (Å²) in [6, 6.07) is 4.72. The Kier molecular flexibility index (Phi) is 11.0. The monoisotopic (exact) mass is 621 g/mol. The van der Waals surface area contributed by atoms with Gasteiger partial charge in [0.25, 0.3) is 0 Å². The van der Waals surface area contributed by atoms with Gasteiger partial charge in [0.05, 0.1) is 18.1 Å². The number of hydrogen-bond donors (Lipinski definition) is 2. The SMILES string of the molecule is CC(C)n1cc(CN2CCCC(c3nc4ccc(N5CCCC5)cn4n3)C2)cn1.O=C(O)C(F)(F)F.O=C(O)C(F)(F)F. The molecule has 5 rings (SSSR count).